The van der Waals surface area contributed by atoms with E-state index in [9.17, 15) is 13.6 Å². The van der Waals surface area contributed by atoms with Gasteiger partial charge in [0.25, 0.3) is 5.91 Å². The van der Waals surface area contributed by atoms with Gasteiger partial charge in [0.15, 0.2) is 11.6 Å². The highest BCUT2D eigenvalue weighted by atomic mass is 35.5. The van der Waals surface area contributed by atoms with Crippen LogP contribution < -0.4 is 10.6 Å². The van der Waals surface area contributed by atoms with Gasteiger partial charge in [-0.05, 0) is 43.5 Å². The van der Waals surface area contributed by atoms with Gasteiger partial charge < -0.3 is 10.6 Å². The summed E-state index contributed by atoms with van der Waals surface area (Å²) >= 11 is 0. The average Bonchev–Trinajstić information content (AvgIpc) is 2.40. The van der Waals surface area contributed by atoms with Gasteiger partial charge in [0.05, 0.1) is 5.56 Å². The van der Waals surface area contributed by atoms with Gasteiger partial charge in [-0.2, -0.15) is 0 Å². The van der Waals surface area contributed by atoms with Crippen molar-refractivity contribution >= 4 is 18.3 Å². The van der Waals surface area contributed by atoms with Crippen molar-refractivity contribution in [3.63, 3.8) is 0 Å². The van der Waals surface area contributed by atoms with Crippen molar-refractivity contribution < 1.29 is 13.6 Å². The van der Waals surface area contributed by atoms with E-state index in [2.05, 4.69) is 17.6 Å². The summed E-state index contributed by atoms with van der Waals surface area (Å²) in [7, 11) is 0. The summed E-state index contributed by atoms with van der Waals surface area (Å²) in [6, 6.07) is 3.62. The Balaban J connectivity index is 0.00000200. The molecular weight excluding hydrogens is 286 g/mol. The predicted molar refractivity (Wildman–Crippen MR) is 76.1 cm³/mol. The van der Waals surface area contributed by atoms with Crippen LogP contribution in [-0.4, -0.2) is 25.5 Å². The summed E-state index contributed by atoms with van der Waals surface area (Å²) in [5.74, 6) is -2.65. The molecule has 0 aromatic heterocycles. The Kier molecular flexibility index (Phi) is 5.89. The summed E-state index contributed by atoms with van der Waals surface area (Å²) in [6.45, 7) is 4.40. The zero-order valence-corrected chi connectivity index (χ0v) is 12.2. The highest BCUT2D eigenvalue weighted by molar-refractivity contribution is 5.94. The Hall–Kier alpha value is -1.20. The number of piperidine rings is 1. The highest BCUT2D eigenvalue weighted by Crippen LogP contribution is 2.26. The molecule has 3 nitrogen and oxygen atoms in total. The van der Waals surface area contributed by atoms with Gasteiger partial charge in [-0.3, -0.25) is 4.79 Å². The minimum absolute atomic E-state index is 0. The number of benzene rings is 1. The molecule has 1 fully saturated rings. The summed E-state index contributed by atoms with van der Waals surface area (Å²) in [4.78, 5) is 11.9. The van der Waals surface area contributed by atoms with E-state index in [4.69, 9.17) is 0 Å². The van der Waals surface area contributed by atoms with Crippen LogP contribution in [0.4, 0.5) is 8.78 Å². The van der Waals surface area contributed by atoms with Crippen LogP contribution in [0.5, 0.6) is 0 Å². The molecular formula is C14H19ClF2N2O. The molecule has 2 N–H and O–H groups in total. The second-order valence-electron chi connectivity index (χ2n) is 5.34. The average molecular weight is 305 g/mol. The fourth-order valence-electron chi connectivity index (χ4n) is 2.28. The molecule has 1 aliphatic heterocycles. The minimum Gasteiger partial charge on any atom is -0.351 e. The number of hydrogen-bond donors (Lipinski definition) is 2. The number of rotatable bonds is 3. The molecule has 0 aliphatic carbocycles. The third-order valence-electron chi connectivity index (χ3n) is 3.68. The molecule has 0 spiro atoms. The van der Waals surface area contributed by atoms with Gasteiger partial charge in [0.2, 0.25) is 0 Å². The maximum absolute atomic E-state index is 13.5. The van der Waals surface area contributed by atoms with Crippen LogP contribution in [0.15, 0.2) is 18.2 Å². The van der Waals surface area contributed by atoms with E-state index in [0.29, 0.717) is 6.54 Å². The maximum Gasteiger partial charge on any atom is 0.254 e. The van der Waals surface area contributed by atoms with Gasteiger partial charge in [0, 0.05) is 6.54 Å². The van der Waals surface area contributed by atoms with Crippen LogP contribution >= 0.6 is 12.4 Å². The molecule has 1 amide bonds. The molecule has 2 rings (SSSR count). The topological polar surface area (TPSA) is 41.1 Å². The lowest BCUT2D eigenvalue weighted by atomic mass is 9.81. The van der Waals surface area contributed by atoms with Crippen molar-refractivity contribution in [3.05, 3.63) is 35.4 Å². The fraction of sp³-hybridized carbons (Fsp3) is 0.500. The van der Waals surface area contributed by atoms with Gasteiger partial charge in [-0.15, -0.1) is 12.4 Å². The third-order valence-corrected chi connectivity index (χ3v) is 3.68. The lowest BCUT2D eigenvalue weighted by Gasteiger charge is -2.34. The summed E-state index contributed by atoms with van der Waals surface area (Å²) in [5.41, 5.74) is -0.220. The number of halogens is 3. The van der Waals surface area contributed by atoms with Crippen molar-refractivity contribution in [3.8, 4) is 0 Å². The summed E-state index contributed by atoms with van der Waals surface area (Å²) in [5, 5.41) is 5.96. The van der Waals surface area contributed by atoms with Crippen LogP contribution in [0, 0.1) is 17.0 Å². The lowest BCUT2D eigenvalue weighted by Crippen LogP contribution is -2.43. The first kappa shape index (κ1) is 16.9. The Morgan fingerprint density at radius 1 is 1.35 bits per heavy atom. The van der Waals surface area contributed by atoms with Crippen LogP contribution in [0.25, 0.3) is 0 Å². The lowest BCUT2D eigenvalue weighted by molar-refractivity contribution is 0.0917. The number of nitrogens with one attached hydrogen (secondary N) is 2. The van der Waals surface area contributed by atoms with E-state index in [0.717, 1.165) is 32.0 Å². The highest BCUT2D eigenvalue weighted by Gasteiger charge is 2.27. The third kappa shape index (κ3) is 3.90. The van der Waals surface area contributed by atoms with E-state index in [-0.39, 0.29) is 23.4 Å². The number of carbonyl (C=O) groups excluding carboxylic acids is 1. The molecule has 1 heterocycles. The van der Waals surface area contributed by atoms with E-state index < -0.39 is 17.5 Å². The van der Waals surface area contributed by atoms with Crippen molar-refractivity contribution in [1.82, 2.24) is 10.6 Å². The van der Waals surface area contributed by atoms with Gasteiger partial charge >= 0.3 is 0 Å². The first-order valence-corrected chi connectivity index (χ1v) is 6.45. The fourth-order valence-corrected chi connectivity index (χ4v) is 2.28. The second-order valence-corrected chi connectivity index (χ2v) is 5.34. The smallest absolute Gasteiger partial charge is 0.254 e. The van der Waals surface area contributed by atoms with E-state index >= 15 is 0 Å². The van der Waals surface area contributed by atoms with E-state index in [1.54, 1.807) is 0 Å². The normalized spacial score (nSPS) is 17.1. The molecule has 112 valence electrons. The van der Waals surface area contributed by atoms with Crippen molar-refractivity contribution in [1.29, 1.82) is 0 Å². The minimum atomic E-state index is -1.09. The predicted octanol–water partition coefficient (Wildman–Crippen LogP) is 2.51. The molecule has 1 aliphatic rings. The van der Waals surface area contributed by atoms with Crippen LogP contribution in [0.3, 0.4) is 0 Å². The monoisotopic (exact) mass is 304 g/mol. The molecule has 0 saturated carbocycles. The van der Waals surface area contributed by atoms with Gasteiger partial charge in [0.1, 0.15) is 0 Å². The number of hydrogen-bond acceptors (Lipinski definition) is 2. The maximum atomic E-state index is 13.5. The quantitative estimate of drug-likeness (QED) is 0.901. The first-order chi connectivity index (χ1) is 9.02. The zero-order chi connectivity index (χ0) is 13.9. The molecule has 1 saturated heterocycles. The van der Waals surface area contributed by atoms with Gasteiger partial charge in [-0.1, -0.05) is 13.0 Å². The Morgan fingerprint density at radius 3 is 2.65 bits per heavy atom. The molecule has 20 heavy (non-hydrogen) atoms. The van der Waals surface area contributed by atoms with Crippen molar-refractivity contribution in [2.75, 3.05) is 19.6 Å². The Morgan fingerprint density at radius 2 is 2.00 bits per heavy atom. The number of amides is 1. The standard InChI is InChI=1S/C14H18F2N2O.ClH/c1-14(5-7-17-8-6-14)9-18-13(19)10-3-2-4-11(15)12(10)16;/h2-4,17H,5-9H2,1H3,(H,18,19);1H. The molecule has 1 aromatic rings. The summed E-state index contributed by atoms with van der Waals surface area (Å²) in [6.07, 6.45) is 1.91. The van der Waals surface area contributed by atoms with Crippen molar-refractivity contribution in [2.24, 2.45) is 5.41 Å². The van der Waals surface area contributed by atoms with E-state index in [1.807, 2.05) is 0 Å². The van der Waals surface area contributed by atoms with Crippen LogP contribution in [0.1, 0.15) is 30.1 Å². The Labute approximate surface area is 123 Å². The van der Waals surface area contributed by atoms with Crippen molar-refractivity contribution in [2.45, 2.75) is 19.8 Å². The second kappa shape index (κ2) is 6.99. The molecule has 0 atom stereocenters. The molecule has 6 heteroatoms. The van der Waals surface area contributed by atoms with E-state index in [1.165, 1.54) is 12.1 Å². The first-order valence-electron chi connectivity index (χ1n) is 6.45. The van der Waals surface area contributed by atoms with Crippen LogP contribution in [-0.2, 0) is 0 Å². The summed E-state index contributed by atoms with van der Waals surface area (Å²) < 4.78 is 26.5. The van der Waals surface area contributed by atoms with Crippen LogP contribution in [0.2, 0.25) is 0 Å². The Bertz CT molecular complexity index is 476. The molecule has 0 unspecified atom stereocenters. The molecule has 0 radical (unpaired) electrons. The zero-order valence-electron chi connectivity index (χ0n) is 11.3. The largest absolute Gasteiger partial charge is 0.351 e. The SMILES string of the molecule is CC1(CNC(=O)c2cccc(F)c2F)CCNCC1.Cl. The molecule has 0 bridgehead atoms. The van der Waals surface area contributed by atoms with Gasteiger partial charge in [-0.25, -0.2) is 8.78 Å². The molecule has 1 aromatic carbocycles. The number of carbonyl (C=O) groups is 1.